The number of aromatic nitrogens is 1. The number of carbonyl (C=O) groups excluding carboxylic acids is 1. The van der Waals surface area contributed by atoms with Gasteiger partial charge in [0.05, 0.1) is 0 Å². The molecule has 1 aromatic rings. The van der Waals surface area contributed by atoms with Crippen LogP contribution in [-0.2, 0) is 4.79 Å². The van der Waals surface area contributed by atoms with Crippen LogP contribution in [0.5, 0.6) is 0 Å². The van der Waals surface area contributed by atoms with E-state index in [1.54, 1.807) is 18.0 Å². The van der Waals surface area contributed by atoms with E-state index in [0.29, 0.717) is 0 Å². The Labute approximate surface area is 98.6 Å². The zero-order valence-corrected chi connectivity index (χ0v) is 11.0. The highest BCUT2D eigenvalue weighted by Gasteiger charge is 2.25. The Morgan fingerprint density at radius 3 is 2.47 bits per heavy atom. The van der Waals surface area contributed by atoms with Crippen LogP contribution in [0.3, 0.4) is 0 Å². The average Bonchev–Trinajstić information content (AvgIpc) is 1.99. The fourth-order valence-corrected chi connectivity index (χ4v) is 1.93. The van der Waals surface area contributed by atoms with Crippen LogP contribution in [0.2, 0.25) is 0 Å². The standard InChI is InChI=1S/C11H15BrN2O/c1-8(15)14(11(2,3)4)9-5-6-13-10(12)7-9/h5-7H,1-4H3. The monoisotopic (exact) mass is 270 g/mol. The van der Waals surface area contributed by atoms with Crippen LogP contribution in [-0.4, -0.2) is 16.4 Å². The van der Waals surface area contributed by atoms with E-state index in [4.69, 9.17) is 0 Å². The van der Waals surface area contributed by atoms with Crippen molar-refractivity contribution in [2.75, 3.05) is 4.90 Å². The first kappa shape index (κ1) is 12.2. The van der Waals surface area contributed by atoms with Gasteiger partial charge in [0.15, 0.2) is 0 Å². The van der Waals surface area contributed by atoms with Crippen molar-refractivity contribution in [2.45, 2.75) is 33.2 Å². The Kier molecular flexibility index (Phi) is 3.50. The third-order valence-corrected chi connectivity index (χ3v) is 2.39. The molecule has 1 rings (SSSR count). The molecule has 0 bridgehead atoms. The van der Waals surface area contributed by atoms with E-state index in [-0.39, 0.29) is 11.4 Å². The second kappa shape index (κ2) is 4.31. The molecular formula is C11H15BrN2O. The summed E-state index contributed by atoms with van der Waals surface area (Å²) in [5, 5.41) is 0. The number of rotatable bonds is 1. The highest BCUT2D eigenvalue weighted by molar-refractivity contribution is 9.10. The molecule has 0 aliphatic carbocycles. The maximum atomic E-state index is 11.6. The average molecular weight is 271 g/mol. The van der Waals surface area contributed by atoms with Gasteiger partial charge in [0.2, 0.25) is 5.91 Å². The maximum absolute atomic E-state index is 11.6. The second-order valence-electron chi connectivity index (χ2n) is 4.36. The second-order valence-corrected chi connectivity index (χ2v) is 5.17. The molecule has 0 aliphatic rings. The van der Waals surface area contributed by atoms with E-state index in [1.807, 2.05) is 32.9 Å². The van der Waals surface area contributed by atoms with Gasteiger partial charge < -0.3 is 4.90 Å². The number of carbonyl (C=O) groups is 1. The van der Waals surface area contributed by atoms with Gasteiger partial charge in [0, 0.05) is 24.3 Å². The fourth-order valence-electron chi connectivity index (χ4n) is 1.57. The van der Waals surface area contributed by atoms with Crippen molar-refractivity contribution < 1.29 is 4.79 Å². The fraction of sp³-hybridized carbons (Fsp3) is 0.455. The van der Waals surface area contributed by atoms with Crippen LogP contribution in [0.15, 0.2) is 22.9 Å². The van der Waals surface area contributed by atoms with Crippen LogP contribution < -0.4 is 4.90 Å². The summed E-state index contributed by atoms with van der Waals surface area (Å²) in [7, 11) is 0. The SMILES string of the molecule is CC(=O)N(c1ccnc(Br)c1)C(C)(C)C. The number of anilines is 1. The van der Waals surface area contributed by atoms with E-state index in [2.05, 4.69) is 20.9 Å². The van der Waals surface area contributed by atoms with Gasteiger partial charge in [-0.3, -0.25) is 4.79 Å². The molecule has 0 fully saturated rings. The number of amides is 1. The van der Waals surface area contributed by atoms with Gasteiger partial charge in [-0.05, 0) is 48.8 Å². The van der Waals surface area contributed by atoms with E-state index in [0.717, 1.165) is 10.3 Å². The predicted molar refractivity (Wildman–Crippen MR) is 64.9 cm³/mol. The zero-order valence-electron chi connectivity index (χ0n) is 9.41. The molecule has 82 valence electrons. The minimum atomic E-state index is -0.230. The number of hydrogen-bond acceptors (Lipinski definition) is 2. The van der Waals surface area contributed by atoms with Gasteiger partial charge in [-0.2, -0.15) is 0 Å². The van der Waals surface area contributed by atoms with Crippen molar-refractivity contribution in [3.05, 3.63) is 22.9 Å². The summed E-state index contributed by atoms with van der Waals surface area (Å²) in [5.41, 5.74) is 0.629. The lowest BCUT2D eigenvalue weighted by atomic mass is 10.1. The Bertz CT molecular complexity index is 371. The summed E-state index contributed by atoms with van der Waals surface area (Å²) in [6.45, 7) is 7.58. The van der Waals surface area contributed by atoms with E-state index < -0.39 is 0 Å². The number of nitrogens with zero attached hydrogens (tertiary/aromatic N) is 2. The molecule has 4 heteroatoms. The van der Waals surface area contributed by atoms with Crippen LogP contribution in [0.4, 0.5) is 5.69 Å². The third kappa shape index (κ3) is 3.02. The first-order valence-corrected chi connectivity index (χ1v) is 5.54. The topological polar surface area (TPSA) is 33.2 Å². The molecule has 0 saturated heterocycles. The minimum absolute atomic E-state index is 0.0283. The summed E-state index contributed by atoms with van der Waals surface area (Å²) in [6, 6.07) is 3.67. The summed E-state index contributed by atoms with van der Waals surface area (Å²) in [4.78, 5) is 17.4. The lowest BCUT2D eigenvalue weighted by Crippen LogP contribution is -2.44. The quantitative estimate of drug-likeness (QED) is 0.736. The normalized spacial score (nSPS) is 11.3. The minimum Gasteiger partial charge on any atom is -0.307 e. The van der Waals surface area contributed by atoms with Gasteiger partial charge in [-0.25, -0.2) is 4.98 Å². The molecule has 0 spiro atoms. The van der Waals surface area contributed by atoms with Crippen LogP contribution in [0.1, 0.15) is 27.7 Å². The van der Waals surface area contributed by atoms with E-state index in [9.17, 15) is 4.79 Å². The summed E-state index contributed by atoms with van der Waals surface area (Å²) in [6.07, 6.45) is 1.68. The number of pyridine rings is 1. The van der Waals surface area contributed by atoms with Gasteiger partial charge in [-0.1, -0.05) is 0 Å². The van der Waals surface area contributed by atoms with Gasteiger partial charge in [0.1, 0.15) is 4.60 Å². The van der Waals surface area contributed by atoms with Crippen LogP contribution in [0, 0.1) is 0 Å². The third-order valence-electron chi connectivity index (χ3n) is 1.95. The Balaban J connectivity index is 3.16. The first-order chi connectivity index (χ1) is 6.82. The Morgan fingerprint density at radius 2 is 2.07 bits per heavy atom. The molecular weight excluding hydrogens is 256 g/mol. The van der Waals surface area contributed by atoms with Crippen molar-refractivity contribution in [1.29, 1.82) is 0 Å². The molecule has 1 amide bonds. The summed E-state index contributed by atoms with van der Waals surface area (Å²) in [5.74, 6) is 0.0283. The zero-order chi connectivity index (χ0) is 11.6. The van der Waals surface area contributed by atoms with Gasteiger partial charge >= 0.3 is 0 Å². The smallest absolute Gasteiger partial charge is 0.224 e. The highest BCUT2D eigenvalue weighted by atomic mass is 79.9. The molecule has 0 unspecified atom stereocenters. The van der Waals surface area contributed by atoms with Crippen molar-refractivity contribution in [3.63, 3.8) is 0 Å². The largest absolute Gasteiger partial charge is 0.307 e. The molecule has 0 N–H and O–H groups in total. The predicted octanol–water partition coefficient (Wildman–Crippen LogP) is 3.00. The molecule has 0 saturated carbocycles. The lowest BCUT2D eigenvalue weighted by molar-refractivity contribution is -0.117. The lowest BCUT2D eigenvalue weighted by Gasteiger charge is -2.34. The first-order valence-electron chi connectivity index (χ1n) is 4.75. The Hall–Kier alpha value is -0.900. The van der Waals surface area contributed by atoms with Crippen molar-refractivity contribution in [3.8, 4) is 0 Å². The van der Waals surface area contributed by atoms with Crippen LogP contribution in [0.25, 0.3) is 0 Å². The van der Waals surface area contributed by atoms with Crippen molar-refractivity contribution in [2.24, 2.45) is 0 Å². The number of hydrogen-bond donors (Lipinski definition) is 0. The van der Waals surface area contributed by atoms with Gasteiger partial charge in [-0.15, -0.1) is 0 Å². The van der Waals surface area contributed by atoms with Crippen LogP contribution >= 0.6 is 15.9 Å². The molecule has 1 heterocycles. The van der Waals surface area contributed by atoms with E-state index in [1.165, 1.54) is 0 Å². The number of halogens is 1. The molecule has 0 atom stereocenters. The molecule has 0 aliphatic heterocycles. The molecule has 3 nitrogen and oxygen atoms in total. The van der Waals surface area contributed by atoms with E-state index >= 15 is 0 Å². The summed E-state index contributed by atoms with van der Waals surface area (Å²) >= 11 is 3.30. The molecule has 0 radical (unpaired) electrons. The molecule has 1 aromatic heterocycles. The molecule has 0 aromatic carbocycles. The summed E-state index contributed by atoms with van der Waals surface area (Å²) < 4.78 is 0.732. The van der Waals surface area contributed by atoms with Crippen molar-refractivity contribution >= 4 is 27.5 Å². The Morgan fingerprint density at radius 1 is 1.47 bits per heavy atom. The highest BCUT2D eigenvalue weighted by Crippen LogP contribution is 2.25. The molecule has 15 heavy (non-hydrogen) atoms. The van der Waals surface area contributed by atoms with Crippen molar-refractivity contribution in [1.82, 2.24) is 4.98 Å². The van der Waals surface area contributed by atoms with Gasteiger partial charge in [0.25, 0.3) is 0 Å². The maximum Gasteiger partial charge on any atom is 0.224 e.